The van der Waals surface area contributed by atoms with Crippen LogP contribution in [0.15, 0.2) is 0 Å². The van der Waals surface area contributed by atoms with E-state index in [2.05, 4.69) is 0 Å². The Morgan fingerprint density at radius 3 is 1.08 bits per heavy atom. The summed E-state index contributed by atoms with van der Waals surface area (Å²) in [6.45, 7) is -0.500. The van der Waals surface area contributed by atoms with E-state index in [1.807, 2.05) is 0 Å². The minimum Gasteiger partial charge on any atom is -0.394 e. The molecule has 0 spiro atoms. The van der Waals surface area contributed by atoms with E-state index in [-0.39, 0.29) is 26.4 Å². The molecule has 0 aliphatic rings. The second-order valence-corrected chi connectivity index (χ2v) is 1.96. The fourth-order valence-electron chi connectivity index (χ4n) is 0. The van der Waals surface area contributed by atoms with Crippen LogP contribution in [-0.4, -0.2) is 72.3 Å². The predicted molar refractivity (Wildman–Crippen MR) is 48.1 cm³/mol. The number of hydrogen-bond acceptors (Lipinski definition) is 5. The molecule has 0 aliphatic heterocycles. The molecule has 0 heterocycles. The lowest BCUT2D eigenvalue weighted by Crippen LogP contribution is -2.06. The molecule has 6 heteroatoms. The lowest BCUT2D eigenvalue weighted by Gasteiger charge is -1.93. The van der Waals surface area contributed by atoms with Crippen LogP contribution in [0.1, 0.15) is 0 Å². The Bertz CT molecular complexity index is 71.3. The fraction of sp³-hybridized carbons (Fsp3) is 0.857. The molecule has 0 aromatic heterocycles. The van der Waals surface area contributed by atoms with Crippen LogP contribution in [0.3, 0.4) is 0 Å². The van der Waals surface area contributed by atoms with E-state index in [0.717, 1.165) is 6.41 Å². The first kappa shape index (κ1) is 18.2. The maximum Gasteiger partial charge on any atom is 0.209 e. The monoisotopic (exact) mass is 197 g/mol. The number of aliphatic hydroxyl groups is 4. The highest BCUT2D eigenvalue weighted by molar-refractivity contribution is 5.45. The Labute approximate surface area is 78.0 Å². The quantitative estimate of drug-likeness (QED) is 0.379. The van der Waals surface area contributed by atoms with Gasteiger partial charge in [-0.3, -0.25) is 4.79 Å². The minimum absolute atomic E-state index is 0.125. The van der Waals surface area contributed by atoms with Crippen LogP contribution in [0.5, 0.6) is 0 Å². The van der Waals surface area contributed by atoms with Crippen molar-refractivity contribution in [3.63, 3.8) is 0 Å². The van der Waals surface area contributed by atoms with Gasteiger partial charge in [-0.15, -0.1) is 0 Å². The highest BCUT2D eigenvalue weighted by Gasteiger charge is 1.68. The van der Waals surface area contributed by atoms with Crippen molar-refractivity contribution in [2.24, 2.45) is 0 Å². The van der Waals surface area contributed by atoms with Gasteiger partial charge in [0, 0.05) is 14.1 Å². The highest BCUT2D eigenvalue weighted by Crippen LogP contribution is 1.52. The van der Waals surface area contributed by atoms with Gasteiger partial charge >= 0.3 is 0 Å². The molecular weight excluding hydrogens is 178 g/mol. The molecule has 0 aromatic rings. The average Bonchev–Trinajstić information content (AvgIpc) is 2.18. The van der Waals surface area contributed by atoms with Crippen molar-refractivity contribution in [1.29, 1.82) is 0 Å². The van der Waals surface area contributed by atoms with E-state index in [4.69, 9.17) is 20.4 Å². The fourth-order valence-corrected chi connectivity index (χ4v) is 0. The predicted octanol–water partition coefficient (Wildman–Crippen LogP) is -2.35. The Morgan fingerprint density at radius 1 is 0.923 bits per heavy atom. The van der Waals surface area contributed by atoms with Gasteiger partial charge in [0.1, 0.15) is 0 Å². The van der Waals surface area contributed by atoms with Crippen LogP contribution >= 0.6 is 0 Å². The highest BCUT2D eigenvalue weighted by atomic mass is 16.3. The molecular formula is C7H19NO5. The van der Waals surface area contributed by atoms with Crippen LogP contribution in [-0.2, 0) is 4.79 Å². The summed E-state index contributed by atoms with van der Waals surface area (Å²) >= 11 is 0. The summed E-state index contributed by atoms with van der Waals surface area (Å²) in [6, 6.07) is 0. The summed E-state index contributed by atoms with van der Waals surface area (Å²) in [4.78, 5) is 10.9. The lowest BCUT2D eigenvalue weighted by atomic mass is 10.8. The standard InChI is InChI=1S/C3H7NO.2C2H6O2/c1-4(2)3-5;2*3-1-2-4/h3H,1-2H3;2*3-4H,1-2H2. The van der Waals surface area contributed by atoms with E-state index in [0.29, 0.717) is 0 Å². The van der Waals surface area contributed by atoms with Crippen LogP contribution in [0, 0.1) is 0 Å². The first-order chi connectivity index (χ1) is 6.10. The van der Waals surface area contributed by atoms with Crippen LogP contribution in [0.25, 0.3) is 0 Å². The number of hydrogen-bond donors (Lipinski definition) is 4. The van der Waals surface area contributed by atoms with Crippen molar-refractivity contribution in [2.75, 3.05) is 40.5 Å². The zero-order valence-electron chi connectivity index (χ0n) is 8.05. The largest absolute Gasteiger partial charge is 0.394 e. The van der Waals surface area contributed by atoms with E-state index in [1.54, 1.807) is 14.1 Å². The third-order valence-electron chi connectivity index (χ3n) is 0.411. The molecule has 82 valence electrons. The molecule has 4 N–H and O–H groups in total. The summed E-state index contributed by atoms with van der Waals surface area (Å²) in [7, 11) is 3.38. The third kappa shape index (κ3) is 89.5. The summed E-state index contributed by atoms with van der Waals surface area (Å²) in [6.07, 6.45) is 0.750. The minimum atomic E-state index is -0.125. The number of carbonyl (C=O) groups excluding carboxylic acids is 1. The maximum absolute atomic E-state index is 9.43. The Morgan fingerprint density at radius 2 is 1.08 bits per heavy atom. The zero-order valence-corrected chi connectivity index (χ0v) is 8.05. The average molecular weight is 197 g/mol. The van der Waals surface area contributed by atoms with Crippen molar-refractivity contribution in [1.82, 2.24) is 4.90 Å². The van der Waals surface area contributed by atoms with Gasteiger partial charge in [0.05, 0.1) is 26.4 Å². The van der Waals surface area contributed by atoms with Gasteiger partial charge in [-0.25, -0.2) is 0 Å². The number of carbonyl (C=O) groups is 1. The molecule has 13 heavy (non-hydrogen) atoms. The van der Waals surface area contributed by atoms with E-state index < -0.39 is 0 Å². The Kier molecular flexibility index (Phi) is 31.4. The first-order valence-electron chi connectivity index (χ1n) is 3.65. The van der Waals surface area contributed by atoms with E-state index in [1.165, 1.54) is 4.90 Å². The van der Waals surface area contributed by atoms with E-state index in [9.17, 15) is 4.79 Å². The number of amides is 1. The van der Waals surface area contributed by atoms with E-state index >= 15 is 0 Å². The first-order valence-corrected chi connectivity index (χ1v) is 3.65. The van der Waals surface area contributed by atoms with Crippen molar-refractivity contribution in [2.45, 2.75) is 0 Å². The number of nitrogens with zero attached hydrogens (tertiary/aromatic N) is 1. The third-order valence-corrected chi connectivity index (χ3v) is 0.411. The lowest BCUT2D eigenvalue weighted by molar-refractivity contribution is -0.115. The van der Waals surface area contributed by atoms with Crippen molar-refractivity contribution >= 4 is 6.41 Å². The smallest absolute Gasteiger partial charge is 0.209 e. The Balaban J connectivity index is -0.000000117. The van der Waals surface area contributed by atoms with Gasteiger partial charge in [0.15, 0.2) is 0 Å². The Hall–Kier alpha value is -0.690. The molecule has 1 amide bonds. The molecule has 0 saturated carbocycles. The second-order valence-electron chi connectivity index (χ2n) is 1.96. The van der Waals surface area contributed by atoms with Crippen molar-refractivity contribution in [3.8, 4) is 0 Å². The van der Waals surface area contributed by atoms with Crippen molar-refractivity contribution < 1.29 is 25.2 Å². The molecule has 0 bridgehead atoms. The van der Waals surface area contributed by atoms with Gasteiger partial charge < -0.3 is 25.3 Å². The molecule has 0 radical (unpaired) electrons. The van der Waals surface area contributed by atoms with Gasteiger partial charge in [-0.05, 0) is 0 Å². The molecule has 0 aliphatic carbocycles. The summed E-state index contributed by atoms with van der Waals surface area (Å²) in [5.41, 5.74) is 0. The second kappa shape index (κ2) is 22.5. The molecule has 0 atom stereocenters. The molecule has 6 nitrogen and oxygen atoms in total. The SMILES string of the molecule is CN(C)C=O.OCCO.OCCO. The van der Waals surface area contributed by atoms with Crippen LogP contribution < -0.4 is 0 Å². The van der Waals surface area contributed by atoms with Gasteiger partial charge in [-0.2, -0.15) is 0 Å². The number of rotatable bonds is 3. The molecule has 0 saturated heterocycles. The zero-order chi connectivity index (χ0) is 11.1. The number of aliphatic hydroxyl groups excluding tert-OH is 4. The topological polar surface area (TPSA) is 101 Å². The summed E-state index contributed by atoms with van der Waals surface area (Å²) in [5.74, 6) is 0. The van der Waals surface area contributed by atoms with Crippen LogP contribution in [0.2, 0.25) is 0 Å². The molecule has 0 fully saturated rings. The van der Waals surface area contributed by atoms with Gasteiger partial charge in [0.25, 0.3) is 0 Å². The summed E-state index contributed by atoms with van der Waals surface area (Å²) < 4.78 is 0. The maximum atomic E-state index is 9.43. The molecule has 0 rings (SSSR count). The normalized spacial score (nSPS) is 7.23. The van der Waals surface area contributed by atoms with Gasteiger partial charge in [0.2, 0.25) is 6.41 Å². The molecule has 0 aromatic carbocycles. The van der Waals surface area contributed by atoms with Crippen molar-refractivity contribution in [3.05, 3.63) is 0 Å². The molecule has 0 unspecified atom stereocenters. The summed E-state index contributed by atoms with van der Waals surface area (Å²) in [5, 5.41) is 30.5. The van der Waals surface area contributed by atoms with Crippen LogP contribution in [0.4, 0.5) is 0 Å². The van der Waals surface area contributed by atoms with Gasteiger partial charge in [-0.1, -0.05) is 0 Å².